The summed E-state index contributed by atoms with van der Waals surface area (Å²) >= 11 is 3.32. The van der Waals surface area contributed by atoms with E-state index in [0.717, 1.165) is 5.56 Å². The van der Waals surface area contributed by atoms with Gasteiger partial charge in [-0.1, -0.05) is 48.0 Å². The first kappa shape index (κ1) is 27.9. The van der Waals surface area contributed by atoms with E-state index < -0.39 is 17.9 Å². The fourth-order valence-electron chi connectivity index (χ4n) is 3.76. The molecule has 0 saturated carbocycles. The molecular formula is C27H30BrFN4O4. The minimum absolute atomic E-state index is 0.0413. The number of hydrogen-bond acceptors (Lipinski definition) is 5. The number of nitrogens with one attached hydrogen (secondary N) is 2. The van der Waals surface area contributed by atoms with Gasteiger partial charge in [-0.05, 0) is 48.4 Å². The number of rotatable bonds is 5. The van der Waals surface area contributed by atoms with Gasteiger partial charge in [-0.3, -0.25) is 9.69 Å². The van der Waals surface area contributed by atoms with E-state index in [9.17, 15) is 19.1 Å². The first-order valence-corrected chi connectivity index (χ1v) is 12.6. The van der Waals surface area contributed by atoms with E-state index in [0.29, 0.717) is 32.9 Å². The average Bonchev–Trinajstić information content (AvgIpc) is 2.83. The molecule has 8 nitrogen and oxygen atoms in total. The molecule has 0 fully saturated rings. The Kier molecular flexibility index (Phi) is 8.75. The zero-order valence-electron chi connectivity index (χ0n) is 21.3. The predicted molar refractivity (Wildman–Crippen MR) is 145 cm³/mol. The fourth-order valence-corrected chi connectivity index (χ4v) is 4.11. The van der Waals surface area contributed by atoms with Crippen LogP contribution in [0.3, 0.4) is 0 Å². The maximum absolute atomic E-state index is 13.9. The highest BCUT2D eigenvalue weighted by molar-refractivity contribution is 9.10. The van der Waals surface area contributed by atoms with Crippen LogP contribution in [0.15, 0.2) is 59.2 Å². The summed E-state index contributed by atoms with van der Waals surface area (Å²) in [6, 6.07) is 11.8. The molecular weight excluding hydrogens is 543 g/mol. The summed E-state index contributed by atoms with van der Waals surface area (Å²) in [5, 5.41) is 16.3. The Balaban J connectivity index is 0.00000186. The number of aromatic hydroxyl groups is 1. The molecule has 2 heterocycles. The number of hydrogen-bond donors (Lipinski definition) is 3. The number of phenolic OH excluding ortho intramolecular Hbond substituents is 1. The number of phenols is 1. The fraction of sp³-hybridized carbons (Fsp3) is 0.296. The summed E-state index contributed by atoms with van der Waals surface area (Å²) in [7, 11) is 0. The number of halogens is 2. The van der Waals surface area contributed by atoms with E-state index in [1.54, 1.807) is 48.7 Å². The second-order valence-electron chi connectivity index (χ2n) is 8.64. The number of carbonyl (C=O) groups excluding carboxylic acids is 2. The molecule has 3 N–H and O–H groups in total. The molecule has 3 amide bonds. The molecule has 37 heavy (non-hydrogen) atoms. The van der Waals surface area contributed by atoms with E-state index in [1.165, 1.54) is 24.8 Å². The van der Waals surface area contributed by atoms with Crippen molar-refractivity contribution >= 4 is 39.4 Å². The zero-order valence-corrected chi connectivity index (χ0v) is 22.9. The van der Waals surface area contributed by atoms with Crippen LogP contribution in [0, 0.1) is 6.92 Å². The second-order valence-corrected chi connectivity index (χ2v) is 9.55. The first-order valence-electron chi connectivity index (χ1n) is 11.8. The number of ether oxygens (including phenoxy) is 1. The van der Waals surface area contributed by atoms with Crippen molar-refractivity contribution in [2.45, 2.75) is 46.5 Å². The molecule has 1 aliphatic heterocycles. The molecule has 1 atom stereocenters. The van der Waals surface area contributed by atoms with Gasteiger partial charge in [-0.2, -0.15) is 4.39 Å². The maximum Gasteiger partial charge on any atom is 0.324 e. The molecule has 1 aromatic heterocycles. The number of pyridine rings is 1. The Morgan fingerprint density at radius 1 is 1.22 bits per heavy atom. The lowest BCUT2D eigenvalue weighted by Gasteiger charge is -2.30. The minimum Gasteiger partial charge on any atom is -0.508 e. The molecule has 4 rings (SSSR count). The maximum atomic E-state index is 13.9. The van der Waals surface area contributed by atoms with Crippen molar-refractivity contribution in [3.8, 4) is 11.5 Å². The molecule has 2 aromatic carbocycles. The van der Waals surface area contributed by atoms with E-state index in [-0.39, 0.29) is 18.2 Å². The van der Waals surface area contributed by atoms with Gasteiger partial charge < -0.3 is 20.5 Å². The van der Waals surface area contributed by atoms with Gasteiger partial charge in [0.1, 0.15) is 18.0 Å². The molecule has 0 saturated heterocycles. The number of fused-ring (bicyclic) bond motifs is 1. The topological polar surface area (TPSA) is 104 Å². The summed E-state index contributed by atoms with van der Waals surface area (Å²) in [4.78, 5) is 31.3. The van der Waals surface area contributed by atoms with Crippen molar-refractivity contribution in [2.75, 3.05) is 16.8 Å². The van der Waals surface area contributed by atoms with Crippen LogP contribution in [-0.2, 0) is 4.79 Å². The third kappa shape index (κ3) is 6.97. The van der Waals surface area contributed by atoms with Crippen molar-refractivity contribution in [1.29, 1.82) is 0 Å². The largest absolute Gasteiger partial charge is 0.508 e. The van der Waals surface area contributed by atoms with Crippen LogP contribution in [0.2, 0.25) is 0 Å². The van der Waals surface area contributed by atoms with Crippen LogP contribution in [-0.4, -0.2) is 34.4 Å². The molecule has 0 aliphatic carbocycles. The van der Waals surface area contributed by atoms with E-state index in [1.807, 2.05) is 20.8 Å². The Bertz CT molecular complexity index is 1280. The van der Waals surface area contributed by atoms with Gasteiger partial charge in [-0.25, -0.2) is 9.78 Å². The lowest BCUT2D eigenvalue weighted by Crippen LogP contribution is -2.48. The lowest BCUT2D eigenvalue weighted by atomic mass is 9.97. The SMILES string of the molecule is CC.Cc1cnc2c(c1)NC(=O)CN2C(=O)NC(c1ccc(OC(C)(C)F)cc1)c1ccc(Br)cc1O. The van der Waals surface area contributed by atoms with Crippen molar-refractivity contribution < 1.29 is 23.8 Å². The smallest absolute Gasteiger partial charge is 0.324 e. The minimum atomic E-state index is -1.85. The van der Waals surface area contributed by atoms with Crippen LogP contribution in [0.5, 0.6) is 11.5 Å². The number of aromatic nitrogens is 1. The van der Waals surface area contributed by atoms with Crippen molar-refractivity contribution in [2.24, 2.45) is 0 Å². The van der Waals surface area contributed by atoms with Gasteiger partial charge in [0, 0.05) is 30.1 Å². The van der Waals surface area contributed by atoms with Crippen LogP contribution in [0.4, 0.5) is 20.7 Å². The highest BCUT2D eigenvalue weighted by Crippen LogP contribution is 2.34. The highest BCUT2D eigenvalue weighted by Gasteiger charge is 2.31. The normalized spacial score (nSPS) is 13.5. The molecule has 0 spiro atoms. The van der Waals surface area contributed by atoms with Gasteiger partial charge in [0.2, 0.25) is 11.8 Å². The Hall–Kier alpha value is -3.66. The Labute approximate surface area is 224 Å². The van der Waals surface area contributed by atoms with Gasteiger partial charge in [0.05, 0.1) is 11.7 Å². The van der Waals surface area contributed by atoms with E-state index >= 15 is 0 Å². The highest BCUT2D eigenvalue weighted by atomic mass is 79.9. The predicted octanol–water partition coefficient (Wildman–Crippen LogP) is 6.23. The molecule has 10 heteroatoms. The van der Waals surface area contributed by atoms with Crippen LogP contribution in [0.25, 0.3) is 0 Å². The molecule has 3 aromatic rings. The second kappa shape index (κ2) is 11.6. The van der Waals surface area contributed by atoms with Gasteiger partial charge >= 0.3 is 6.03 Å². The zero-order chi connectivity index (χ0) is 27.3. The Morgan fingerprint density at radius 3 is 2.51 bits per heavy atom. The number of anilines is 2. The van der Waals surface area contributed by atoms with Crippen LogP contribution >= 0.6 is 15.9 Å². The number of carbonyl (C=O) groups is 2. The van der Waals surface area contributed by atoms with Gasteiger partial charge in [0.15, 0.2) is 5.82 Å². The summed E-state index contributed by atoms with van der Waals surface area (Å²) in [6.45, 7) is 8.21. The average molecular weight is 573 g/mol. The number of nitrogens with zero attached hydrogens (tertiary/aromatic N) is 2. The monoisotopic (exact) mass is 572 g/mol. The number of urea groups is 1. The van der Waals surface area contributed by atoms with Gasteiger partial charge in [-0.15, -0.1) is 0 Å². The standard InChI is InChI=1S/C25H24BrFN4O4.C2H6/c1-14-10-19-23(28-12-14)31(13-21(33)29-19)24(34)30-22(18-9-6-16(26)11-20(18)32)15-4-7-17(8-5-15)35-25(2,3)27;1-2/h4-12,22,32H,13H2,1-3H3,(H,29,33)(H,30,34);1-2H3. The molecule has 0 radical (unpaired) electrons. The third-order valence-electron chi connectivity index (χ3n) is 5.23. The summed E-state index contributed by atoms with van der Waals surface area (Å²) in [6.07, 6.45) is 1.61. The number of benzene rings is 2. The van der Waals surface area contributed by atoms with E-state index in [2.05, 4.69) is 31.5 Å². The molecule has 1 aliphatic rings. The van der Waals surface area contributed by atoms with Crippen molar-refractivity contribution in [1.82, 2.24) is 10.3 Å². The van der Waals surface area contributed by atoms with Crippen molar-refractivity contribution in [3.63, 3.8) is 0 Å². The van der Waals surface area contributed by atoms with Crippen LogP contribution < -0.4 is 20.3 Å². The van der Waals surface area contributed by atoms with E-state index in [4.69, 9.17) is 4.74 Å². The lowest BCUT2D eigenvalue weighted by molar-refractivity contribution is -0.115. The quantitative estimate of drug-likeness (QED) is 0.336. The van der Waals surface area contributed by atoms with Crippen molar-refractivity contribution in [3.05, 3.63) is 75.9 Å². The summed E-state index contributed by atoms with van der Waals surface area (Å²) in [5.74, 6) is -1.61. The first-order chi connectivity index (χ1) is 17.5. The van der Waals surface area contributed by atoms with Crippen LogP contribution in [0.1, 0.15) is 50.4 Å². The number of amides is 3. The molecule has 0 bridgehead atoms. The molecule has 196 valence electrons. The number of aryl methyl sites for hydroxylation is 1. The van der Waals surface area contributed by atoms with Gasteiger partial charge in [0.25, 0.3) is 0 Å². The summed E-state index contributed by atoms with van der Waals surface area (Å²) < 4.78 is 19.8. The molecule has 1 unspecified atom stereocenters. The number of alkyl halides is 1. The Morgan fingerprint density at radius 2 is 1.89 bits per heavy atom. The summed E-state index contributed by atoms with van der Waals surface area (Å²) in [5.41, 5.74) is 2.32. The third-order valence-corrected chi connectivity index (χ3v) is 5.72.